The van der Waals surface area contributed by atoms with Gasteiger partial charge in [0.25, 0.3) is 0 Å². The van der Waals surface area contributed by atoms with Crippen LogP contribution in [0.2, 0.25) is 0 Å². The molecular formula is C12H23N2O2+. The molecule has 0 saturated carbocycles. The van der Waals surface area contributed by atoms with E-state index in [1.807, 2.05) is 41.9 Å². The molecule has 1 fully saturated rings. The molecule has 0 aromatic carbocycles. The number of amides is 2. The van der Waals surface area contributed by atoms with Crippen molar-refractivity contribution in [1.82, 2.24) is 4.90 Å². The van der Waals surface area contributed by atoms with Crippen LogP contribution in [-0.2, 0) is 9.59 Å². The third kappa shape index (κ3) is 2.82. The lowest BCUT2D eigenvalue weighted by molar-refractivity contribution is -0.877. The molecule has 0 N–H and O–H groups in total. The average Bonchev–Trinajstić information content (AvgIpc) is 2.28. The number of hydrogen-bond donors (Lipinski definition) is 0. The fraction of sp³-hybridized carbons (Fsp3) is 0.833. The largest absolute Gasteiger partial charge is 0.313 e. The zero-order valence-electron chi connectivity index (χ0n) is 11.2. The molecule has 0 aliphatic carbocycles. The summed E-state index contributed by atoms with van der Waals surface area (Å²) in [5.74, 6) is -0.199. The van der Waals surface area contributed by atoms with Gasteiger partial charge in [0.05, 0.1) is 27.1 Å². The lowest BCUT2D eigenvalue weighted by atomic mass is 9.80. The molecule has 2 amide bonds. The van der Waals surface area contributed by atoms with E-state index in [0.29, 0.717) is 17.6 Å². The molecule has 0 spiro atoms. The zero-order valence-corrected chi connectivity index (χ0v) is 11.2. The van der Waals surface area contributed by atoms with E-state index in [2.05, 4.69) is 0 Å². The molecule has 1 saturated heterocycles. The second-order valence-electron chi connectivity index (χ2n) is 6.71. The van der Waals surface area contributed by atoms with Crippen molar-refractivity contribution in [1.29, 1.82) is 0 Å². The smallest absolute Gasteiger partial charge is 0.237 e. The van der Waals surface area contributed by atoms with Gasteiger partial charge in [0.1, 0.15) is 0 Å². The Kier molecular flexibility index (Phi) is 3.16. The number of quaternary nitrogens is 1. The Morgan fingerprint density at radius 2 is 1.75 bits per heavy atom. The summed E-state index contributed by atoms with van der Waals surface area (Å²) in [5, 5.41) is 0. The number of carbonyl (C=O) groups is 2. The molecular weight excluding hydrogens is 204 g/mol. The first kappa shape index (κ1) is 13.2. The molecule has 4 heteroatoms. The van der Waals surface area contributed by atoms with Crippen LogP contribution in [0.4, 0.5) is 0 Å². The summed E-state index contributed by atoms with van der Waals surface area (Å²) < 4.78 is 0.592. The lowest BCUT2D eigenvalue weighted by Gasteiger charge is -2.29. The van der Waals surface area contributed by atoms with Crippen molar-refractivity contribution < 1.29 is 14.1 Å². The molecule has 1 atom stereocenters. The fourth-order valence-electron chi connectivity index (χ4n) is 1.93. The Morgan fingerprint density at radius 1 is 1.25 bits per heavy atom. The van der Waals surface area contributed by atoms with E-state index in [4.69, 9.17) is 0 Å². The van der Waals surface area contributed by atoms with Gasteiger partial charge in [0.15, 0.2) is 6.67 Å². The number of hydrogen-bond acceptors (Lipinski definition) is 2. The Bertz CT molecular complexity index is 310. The highest BCUT2D eigenvalue weighted by Gasteiger charge is 2.46. The minimum Gasteiger partial charge on any atom is -0.313 e. The number of rotatable bonds is 2. The molecule has 1 rings (SSSR count). The minimum atomic E-state index is -0.161. The third-order valence-corrected chi connectivity index (χ3v) is 2.85. The van der Waals surface area contributed by atoms with Crippen LogP contribution in [0, 0.1) is 11.3 Å². The molecule has 16 heavy (non-hydrogen) atoms. The van der Waals surface area contributed by atoms with Crippen LogP contribution in [0.3, 0.4) is 0 Å². The normalized spacial score (nSPS) is 23.1. The van der Waals surface area contributed by atoms with Crippen molar-refractivity contribution in [2.24, 2.45) is 11.3 Å². The maximum absolute atomic E-state index is 12.1. The molecule has 1 aliphatic rings. The summed E-state index contributed by atoms with van der Waals surface area (Å²) in [6.07, 6.45) is 0.363. The maximum Gasteiger partial charge on any atom is 0.237 e. The van der Waals surface area contributed by atoms with Gasteiger partial charge in [-0.1, -0.05) is 20.8 Å². The van der Waals surface area contributed by atoms with Crippen LogP contribution in [0.1, 0.15) is 27.2 Å². The van der Waals surface area contributed by atoms with Crippen LogP contribution in [0.25, 0.3) is 0 Å². The minimum absolute atomic E-state index is 0.00875. The van der Waals surface area contributed by atoms with Crippen molar-refractivity contribution in [3.63, 3.8) is 0 Å². The van der Waals surface area contributed by atoms with E-state index in [-0.39, 0.29) is 23.1 Å². The lowest BCUT2D eigenvalue weighted by Crippen LogP contribution is -2.48. The highest BCUT2D eigenvalue weighted by molar-refractivity contribution is 6.03. The van der Waals surface area contributed by atoms with Crippen LogP contribution < -0.4 is 0 Å². The molecule has 0 bridgehead atoms. The van der Waals surface area contributed by atoms with Crippen molar-refractivity contribution >= 4 is 11.8 Å². The monoisotopic (exact) mass is 227 g/mol. The predicted molar refractivity (Wildman–Crippen MR) is 62.3 cm³/mol. The molecule has 1 aliphatic heterocycles. The second-order valence-corrected chi connectivity index (χ2v) is 6.71. The highest BCUT2D eigenvalue weighted by Crippen LogP contribution is 2.35. The molecule has 0 aromatic heterocycles. The number of likely N-dealkylation sites (tertiary alicyclic amines) is 1. The van der Waals surface area contributed by atoms with Crippen LogP contribution in [0.15, 0.2) is 0 Å². The van der Waals surface area contributed by atoms with Gasteiger partial charge >= 0.3 is 0 Å². The van der Waals surface area contributed by atoms with Crippen molar-refractivity contribution in [2.45, 2.75) is 27.2 Å². The van der Waals surface area contributed by atoms with Gasteiger partial charge in [0, 0.05) is 6.42 Å². The standard InChI is InChI=1S/C12H23N2O2/c1-12(2,3)9-7-10(15)13(11(9)16)8-14(4,5)6/h9H,7-8H2,1-6H3/q+1. The quantitative estimate of drug-likeness (QED) is 0.523. The van der Waals surface area contributed by atoms with Crippen molar-refractivity contribution in [3.05, 3.63) is 0 Å². The highest BCUT2D eigenvalue weighted by atomic mass is 16.2. The van der Waals surface area contributed by atoms with Crippen LogP contribution in [0.5, 0.6) is 0 Å². The fourth-order valence-corrected chi connectivity index (χ4v) is 1.93. The molecule has 0 aromatic rings. The Balaban J connectivity index is 2.84. The molecule has 92 valence electrons. The maximum atomic E-state index is 12.1. The molecule has 1 unspecified atom stereocenters. The third-order valence-electron chi connectivity index (χ3n) is 2.85. The molecule has 0 radical (unpaired) electrons. The Labute approximate surface area is 97.8 Å². The first-order valence-corrected chi connectivity index (χ1v) is 5.67. The van der Waals surface area contributed by atoms with Gasteiger partial charge in [-0.2, -0.15) is 0 Å². The molecule has 4 nitrogen and oxygen atoms in total. The van der Waals surface area contributed by atoms with Gasteiger partial charge in [-0.3, -0.25) is 9.59 Å². The van der Waals surface area contributed by atoms with E-state index < -0.39 is 0 Å². The van der Waals surface area contributed by atoms with Crippen LogP contribution in [-0.4, -0.2) is 49.0 Å². The van der Waals surface area contributed by atoms with E-state index in [1.54, 1.807) is 0 Å². The summed E-state index contributed by atoms with van der Waals surface area (Å²) in [6.45, 7) is 6.50. The number of carbonyl (C=O) groups excluding carboxylic acids is 2. The summed E-state index contributed by atoms with van der Waals surface area (Å²) in [6, 6.07) is 0. The number of imide groups is 1. The predicted octanol–water partition coefficient (Wildman–Crippen LogP) is 1.07. The summed E-state index contributed by atoms with van der Waals surface area (Å²) in [5.41, 5.74) is -0.133. The van der Waals surface area contributed by atoms with Gasteiger partial charge in [-0.25, -0.2) is 4.90 Å². The first-order chi connectivity index (χ1) is 7.02. The first-order valence-electron chi connectivity index (χ1n) is 5.67. The average molecular weight is 227 g/mol. The summed E-state index contributed by atoms with van der Waals surface area (Å²) >= 11 is 0. The van der Waals surface area contributed by atoms with E-state index in [0.717, 1.165) is 0 Å². The van der Waals surface area contributed by atoms with Gasteiger partial charge < -0.3 is 4.48 Å². The summed E-state index contributed by atoms with van der Waals surface area (Å²) in [4.78, 5) is 25.4. The van der Waals surface area contributed by atoms with Gasteiger partial charge in [-0.15, -0.1) is 0 Å². The van der Waals surface area contributed by atoms with E-state index >= 15 is 0 Å². The Hall–Kier alpha value is -0.900. The van der Waals surface area contributed by atoms with Crippen molar-refractivity contribution in [2.75, 3.05) is 27.8 Å². The van der Waals surface area contributed by atoms with Crippen LogP contribution >= 0.6 is 0 Å². The van der Waals surface area contributed by atoms with E-state index in [1.165, 1.54) is 4.90 Å². The summed E-state index contributed by atoms with van der Waals surface area (Å²) in [7, 11) is 5.93. The van der Waals surface area contributed by atoms with E-state index in [9.17, 15) is 9.59 Å². The van der Waals surface area contributed by atoms with Gasteiger partial charge in [0.2, 0.25) is 11.8 Å². The SMILES string of the molecule is CC(C)(C)C1CC(=O)N(C[N+](C)(C)C)C1=O. The van der Waals surface area contributed by atoms with Crippen molar-refractivity contribution in [3.8, 4) is 0 Å². The Morgan fingerprint density at radius 3 is 2.06 bits per heavy atom. The molecule has 1 heterocycles. The van der Waals surface area contributed by atoms with Gasteiger partial charge in [-0.05, 0) is 5.41 Å². The number of nitrogens with zero attached hydrogens (tertiary/aromatic N) is 2. The topological polar surface area (TPSA) is 37.4 Å². The second kappa shape index (κ2) is 3.84. The zero-order chi connectivity index (χ0) is 12.7.